The Bertz CT molecular complexity index is 79.0. The van der Waals surface area contributed by atoms with Crippen molar-refractivity contribution in [2.75, 3.05) is 6.61 Å². The fourth-order valence-electron chi connectivity index (χ4n) is 0.421. The summed E-state index contributed by atoms with van der Waals surface area (Å²) in [6.45, 7) is 5.82. The first-order valence-corrected chi connectivity index (χ1v) is 3.10. The van der Waals surface area contributed by atoms with Gasteiger partial charge in [-0.15, -0.1) is 0 Å². The molecule has 2 nitrogen and oxygen atoms in total. The number of carbonyl (C=O) groups excluding carboxylic acids is 1. The van der Waals surface area contributed by atoms with Gasteiger partial charge >= 0.3 is 5.97 Å². The maximum absolute atomic E-state index is 10.5. The maximum atomic E-state index is 10.5. The molecule has 0 aromatic heterocycles. The van der Waals surface area contributed by atoms with Crippen LogP contribution in [0.3, 0.4) is 0 Å². The Morgan fingerprint density at radius 1 is 1.78 bits per heavy atom. The number of hydrogen-bond donors (Lipinski definition) is 0. The topological polar surface area (TPSA) is 26.3 Å². The third kappa shape index (κ3) is 5.34. The van der Waals surface area contributed by atoms with Crippen molar-refractivity contribution < 1.29 is 9.53 Å². The van der Waals surface area contributed by atoms with E-state index in [1.54, 1.807) is 6.92 Å². The summed E-state index contributed by atoms with van der Waals surface area (Å²) in [5.41, 5.74) is 0. The number of hydrogen-bond acceptors (Lipinski definition) is 2. The van der Waals surface area contributed by atoms with Gasteiger partial charge in [0.1, 0.15) is 0 Å². The largest absolute Gasteiger partial charge is 0.466 e. The second kappa shape index (κ2) is 5.60. The SMILES string of the molecule is [CH2]CC[CH]C(=O)OCC. The minimum absolute atomic E-state index is 0.235. The third-order valence-corrected chi connectivity index (χ3v) is 0.802. The van der Waals surface area contributed by atoms with Crippen molar-refractivity contribution in [3.05, 3.63) is 13.3 Å². The average Bonchev–Trinajstić information content (AvgIpc) is 1.85. The molecule has 0 aliphatic carbocycles. The minimum Gasteiger partial charge on any atom is -0.466 e. The van der Waals surface area contributed by atoms with Crippen molar-refractivity contribution in [1.29, 1.82) is 0 Å². The van der Waals surface area contributed by atoms with E-state index < -0.39 is 0 Å². The highest BCUT2D eigenvalue weighted by molar-refractivity contribution is 5.78. The quantitative estimate of drug-likeness (QED) is 0.534. The summed E-state index contributed by atoms with van der Waals surface area (Å²) in [7, 11) is 0. The highest BCUT2D eigenvalue weighted by atomic mass is 16.5. The highest BCUT2D eigenvalue weighted by Gasteiger charge is 1.98. The monoisotopic (exact) mass is 128 g/mol. The van der Waals surface area contributed by atoms with Crippen molar-refractivity contribution in [3.63, 3.8) is 0 Å². The van der Waals surface area contributed by atoms with Gasteiger partial charge in [0, 0.05) is 0 Å². The Labute approximate surface area is 56.2 Å². The van der Waals surface area contributed by atoms with Crippen LogP contribution in [0.2, 0.25) is 0 Å². The molecule has 9 heavy (non-hydrogen) atoms. The summed E-state index contributed by atoms with van der Waals surface area (Å²) < 4.78 is 4.62. The van der Waals surface area contributed by atoms with E-state index in [0.717, 1.165) is 6.42 Å². The van der Waals surface area contributed by atoms with Crippen LogP contribution in [0.5, 0.6) is 0 Å². The van der Waals surface area contributed by atoms with Gasteiger partial charge in [-0.05, 0) is 13.3 Å². The van der Waals surface area contributed by atoms with Crippen LogP contribution in [0.25, 0.3) is 0 Å². The summed E-state index contributed by atoms with van der Waals surface area (Å²) in [6, 6.07) is 0. The molecule has 0 fully saturated rings. The number of unbranched alkanes of at least 4 members (excludes halogenated alkanes) is 1. The first-order valence-electron chi connectivity index (χ1n) is 3.10. The number of ether oxygens (including phenoxy) is 1. The number of esters is 1. The fraction of sp³-hybridized carbons (Fsp3) is 0.571. The van der Waals surface area contributed by atoms with Crippen molar-refractivity contribution in [2.24, 2.45) is 0 Å². The van der Waals surface area contributed by atoms with Crippen LogP contribution in [-0.4, -0.2) is 12.6 Å². The molecule has 0 heterocycles. The van der Waals surface area contributed by atoms with E-state index in [1.807, 2.05) is 0 Å². The minimum atomic E-state index is -0.235. The van der Waals surface area contributed by atoms with Gasteiger partial charge in [0.2, 0.25) is 0 Å². The molecule has 0 bridgehead atoms. The van der Waals surface area contributed by atoms with Crippen LogP contribution < -0.4 is 0 Å². The van der Waals surface area contributed by atoms with Crippen LogP contribution in [0, 0.1) is 13.3 Å². The zero-order valence-electron chi connectivity index (χ0n) is 5.72. The molecule has 0 unspecified atom stereocenters. The lowest BCUT2D eigenvalue weighted by Gasteiger charge is -1.97. The number of carbonyl (C=O) groups is 1. The lowest BCUT2D eigenvalue weighted by atomic mass is 10.3. The van der Waals surface area contributed by atoms with Crippen LogP contribution in [0.4, 0.5) is 0 Å². The summed E-state index contributed by atoms with van der Waals surface area (Å²) >= 11 is 0. The summed E-state index contributed by atoms with van der Waals surface area (Å²) in [5.74, 6) is -0.235. The van der Waals surface area contributed by atoms with Crippen LogP contribution in [0.1, 0.15) is 19.8 Å². The molecule has 0 amide bonds. The van der Waals surface area contributed by atoms with Gasteiger partial charge < -0.3 is 4.74 Å². The van der Waals surface area contributed by atoms with Crippen LogP contribution >= 0.6 is 0 Å². The summed E-state index contributed by atoms with van der Waals surface area (Å²) in [5, 5.41) is 0. The molecule has 0 saturated heterocycles. The second-order valence-electron chi connectivity index (χ2n) is 1.60. The molecule has 0 spiro atoms. The van der Waals surface area contributed by atoms with Gasteiger partial charge in [-0.3, -0.25) is 4.79 Å². The lowest BCUT2D eigenvalue weighted by molar-refractivity contribution is -0.139. The first-order chi connectivity index (χ1) is 4.31. The molecule has 0 saturated carbocycles. The number of rotatable bonds is 4. The summed E-state index contributed by atoms with van der Waals surface area (Å²) in [4.78, 5) is 10.5. The zero-order chi connectivity index (χ0) is 7.11. The first kappa shape index (κ1) is 8.47. The van der Waals surface area contributed by atoms with E-state index in [2.05, 4.69) is 11.7 Å². The standard InChI is InChI=1S/C7H12O2/c1-3-5-6-7(8)9-4-2/h6H,1,3-5H2,2H3. The molecule has 2 radical (unpaired) electrons. The van der Waals surface area contributed by atoms with E-state index in [4.69, 9.17) is 0 Å². The second-order valence-corrected chi connectivity index (χ2v) is 1.60. The average molecular weight is 128 g/mol. The predicted molar refractivity (Wildman–Crippen MR) is 35.5 cm³/mol. The molecule has 0 rings (SSSR count). The molecule has 2 heteroatoms. The maximum Gasteiger partial charge on any atom is 0.309 e. The van der Waals surface area contributed by atoms with Gasteiger partial charge in [-0.2, -0.15) is 0 Å². The molecule has 0 aliphatic rings. The van der Waals surface area contributed by atoms with Gasteiger partial charge in [0.15, 0.2) is 0 Å². The van der Waals surface area contributed by atoms with Gasteiger partial charge in [0.05, 0.1) is 13.0 Å². The van der Waals surface area contributed by atoms with E-state index in [9.17, 15) is 4.79 Å². The Kier molecular flexibility index (Phi) is 5.27. The lowest BCUT2D eigenvalue weighted by Crippen LogP contribution is -2.03. The third-order valence-electron chi connectivity index (χ3n) is 0.802. The molecule has 0 atom stereocenters. The zero-order valence-corrected chi connectivity index (χ0v) is 5.72. The van der Waals surface area contributed by atoms with Crippen LogP contribution in [-0.2, 0) is 9.53 Å². The molecule has 0 N–H and O–H groups in total. The Morgan fingerprint density at radius 2 is 2.44 bits per heavy atom. The Hall–Kier alpha value is -0.530. The molecular weight excluding hydrogens is 116 g/mol. The van der Waals surface area contributed by atoms with E-state index >= 15 is 0 Å². The normalized spacial score (nSPS) is 9.11. The fourth-order valence-corrected chi connectivity index (χ4v) is 0.421. The molecule has 52 valence electrons. The molecule has 0 aromatic rings. The van der Waals surface area contributed by atoms with Crippen molar-refractivity contribution in [1.82, 2.24) is 0 Å². The van der Waals surface area contributed by atoms with E-state index in [0.29, 0.717) is 13.0 Å². The molecular formula is C7H12O2. The van der Waals surface area contributed by atoms with Gasteiger partial charge in [-0.25, -0.2) is 0 Å². The smallest absolute Gasteiger partial charge is 0.309 e. The van der Waals surface area contributed by atoms with Crippen molar-refractivity contribution in [3.8, 4) is 0 Å². The van der Waals surface area contributed by atoms with Gasteiger partial charge in [0.25, 0.3) is 0 Å². The highest BCUT2D eigenvalue weighted by Crippen LogP contribution is 1.93. The van der Waals surface area contributed by atoms with Gasteiger partial charge in [-0.1, -0.05) is 13.3 Å². The van der Waals surface area contributed by atoms with Crippen molar-refractivity contribution >= 4 is 5.97 Å². The van der Waals surface area contributed by atoms with Crippen LogP contribution in [0.15, 0.2) is 0 Å². The van der Waals surface area contributed by atoms with Crippen molar-refractivity contribution in [2.45, 2.75) is 19.8 Å². The molecule has 0 aliphatic heterocycles. The Balaban J connectivity index is 3.06. The van der Waals surface area contributed by atoms with E-state index in [1.165, 1.54) is 6.42 Å². The Morgan fingerprint density at radius 3 is 2.89 bits per heavy atom. The predicted octanol–water partition coefficient (Wildman–Crippen LogP) is 1.37. The summed E-state index contributed by atoms with van der Waals surface area (Å²) in [6.07, 6.45) is 2.97. The molecule has 0 aromatic carbocycles. The van der Waals surface area contributed by atoms with E-state index in [-0.39, 0.29) is 5.97 Å².